The van der Waals surface area contributed by atoms with Gasteiger partial charge >= 0.3 is 5.97 Å². The molecule has 4 fully saturated rings. The van der Waals surface area contributed by atoms with E-state index in [1.54, 1.807) is 12.5 Å². The predicted molar refractivity (Wildman–Crippen MR) is 170 cm³/mol. The van der Waals surface area contributed by atoms with E-state index in [-0.39, 0.29) is 63.4 Å². The van der Waals surface area contributed by atoms with Gasteiger partial charge in [0.1, 0.15) is 6.10 Å². The van der Waals surface area contributed by atoms with Crippen LogP contribution in [0.2, 0.25) is 0 Å². The summed E-state index contributed by atoms with van der Waals surface area (Å²) in [5.41, 5.74) is 6.95. The second kappa shape index (κ2) is 11.2. The van der Waals surface area contributed by atoms with E-state index in [9.17, 15) is 14.4 Å². The first kappa shape index (κ1) is 32.5. The molecule has 5 aliphatic carbocycles. The number of nitrogens with two attached hydrogens (primary N) is 1. The first-order valence-electron chi connectivity index (χ1n) is 17.2. The molecule has 0 bridgehead atoms. The Morgan fingerprint density at radius 3 is 2.28 bits per heavy atom. The standard InChI is InChI=1S/C36H59N3O4/c1-22-11-16-36(31(42)39-20-19-38-29(41)21-37)18-17-34(7)25(30(36)23(22)2)9-10-27-33(6)14-13-28(43-24(3)40)32(4,5)26(33)12-15-35(27,34)8/h9,22-23,26-28,30H,10-21,37H2,1-8H3,(H,38,41)(H,39,42)/t22-,23+,26+,27-,28+,30+,33+,34-,35-,36+/m1/s1. The van der Waals surface area contributed by atoms with Gasteiger partial charge < -0.3 is 21.1 Å². The van der Waals surface area contributed by atoms with Crippen LogP contribution in [0.4, 0.5) is 0 Å². The molecule has 0 aromatic carbocycles. The van der Waals surface area contributed by atoms with Gasteiger partial charge in [0.2, 0.25) is 11.8 Å². The van der Waals surface area contributed by atoms with Crippen LogP contribution in [0.1, 0.15) is 113 Å². The SMILES string of the molecule is CC(=O)O[C@H]1CC[C@]2(C)[C@H]3CC=C4[C@@H]5[C@@H](C)[C@H](C)CC[C@]5(C(=O)NCCNC(=O)CN)CC[C@@]4(C)[C@]3(C)CC[C@H]2C1(C)C. The minimum Gasteiger partial charge on any atom is -0.462 e. The van der Waals surface area contributed by atoms with Gasteiger partial charge in [0.15, 0.2) is 0 Å². The van der Waals surface area contributed by atoms with Crippen LogP contribution in [0.3, 0.4) is 0 Å². The summed E-state index contributed by atoms with van der Waals surface area (Å²) < 4.78 is 5.92. The van der Waals surface area contributed by atoms with Gasteiger partial charge in [0.25, 0.3) is 0 Å². The van der Waals surface area contributed by atoms with Crippen molar-refractivity contribution in [3.8, 4) is 0 Å². The van der Waals surface area contributed by atoms with Crippen molar-refractivity contribution < 1.29 is 19.1 Å². The monoisotopic (exact) mass is 597 g/mol. The number of rotatable bonds is 6. The maximum atomic E-state index is 14.2. The molecule has 4 saturated carbocycles. The van der Waals surface area contributed by atoms with Gasteiger partial charge in [-0.25, -0.2) is 0 Å². The topological polar surface area (TPSA) is 111 Å². The van der Waals surface area contributed by atoms with Crippen molar-refractivity contribution in [3.05, 3.63) is 11.6 Å². The van der Waals surface area contributed by atoms with Crippen LogP contribution in [0.15, 0.2) is 11.6 Å². The average molecular weight is 598 g/mol. The van der Waals surface area contributed by atoms with Crippen LogP contribution in [0.5, 0.6) is 0 Å². The molecule has 0 saturated heterocycles. The highest BCUT2D eigenvalue weighted by molar-refractivity contribution is 5.84. The van der Waals surface area contributed by atoms with Gasteiger partial charge in [0.05, 0.1) is 12.0 Å². The summed E-state index contributed by atoms with van der Waals surface area (Å²) in [5.74, 6) is 2.15. The number of hydrogen-bond donors (Lipinski definition) is 3. The van der Waals surface area contributed by atoms with Gasteiger partial charge in [-0.1, -0.05) is 60.1 Å². The summed E-state index contributed by atoms with van der Waals surface area (Å²) in [5, 5.41) is 6.04. The van der Waals surface area contributed by atoms with E-state index < -0.39 is 0 Å². The molecule has 0 aliphatic heterocycles. The van der Waals surface area contributed by atoms with Gasteiger partial charge in [-0.15, -0.1) is 0 Å². The zero-order valence-corrected chi connectivity index (χ0v) is 28.2. The molecular formula is C36H59N3O4. The first-order chi connectivity index (χ1) is 20.1. The summed E-state index contributed by atoms with van der Waals surface area (Å²) in [6.07, 6.45) is 12.0. The Bertz CT molecular complexity index is 1170. The quantitative estimate of drug-likeness (QED) is 0.205. The summed E-state index contributed by atoms with van der Waals surface area (Å²) in [6, 6.07) is 0. The van der Waals surface area contributed by atoms with Gasteiger partial charge in [-0.3, -0.25) is 14.4 Å². The number of allylic oxidation sites excluding steroid dienone is 2. The predicted octanol–water partition coefficient (Wildman–Crippen LogP) is 5.77. The fourth-order valence-electron chi connectivity index (χ4n) is 11.9. The van der Waals surface area contributed by atoms with Crippen molar-refractivity contribution in [2.45, 2.75) is 119 Å². The molecule has 7 nitrogen and oxygen atoms in total. The van der Waals surface area contributed by atoms with Crippen LogP contribution >= 0.6 is 0 Å². The lowest BCUT2D eigenvalue weighted by Crippen LogP contribution is -2.66. The van der Waals surface area contributed by atoms with E-state index in [0.29, 0.717) is 36.8 Å². The third-order valence-electron chi connectivity index (χ3n) is 14.6. The third-order valence-corrected chi connectivity index (χ3v) is 14.6. The molecule has 5 rings (SSSR count). The Morgan fingerprint density at radius 2 is 1.60 bits per heavy atom. The van der Waals surface area contributed by atoms with Crippen molar-refractivity contribution in [1.29, 1.82) is 0 Å². The summed E-state index contributed by atoms with van der Waals surface area (Å²) in [6.45, 7) is 19.5. The lowest BCUT2D eigenvalue weighted by atomic mass is 9.33. The van der Waals surface area contributed by atoms with E-state index in [1.807, 2.05) is 0 Å². The zero-order chi connectivity index (χ0) is 31.6. The molecule has 4 N–H and O–H groups in total. The molecule has 2 amide bonds. The average Bonchev–Trinajstić information content (AvgIpc) is 2.94. The highest BCUT2D eigenvalue weighted by atomic mass is 16.5. The molecule has 0 heterocycles. The smallest absolute Gasteiger partial charge is 0.302 e. The lowest BCUT2D eigenvalue weighted by molar-refractivity contribution is -0.212. The van der Waals surface area contributed by atoms with Crippen molar-refractivity contribution in [1.82, 2.24) is 10.6 Å². The number of esters is 1. The summed E-state index contributed by atoms with van der Waals surface area (Å²) in [4.78, 5) is 37.8. The normalized spacial score (nSPS) is 44.8. The van der Waals surface area contributed by atoms with E-state index in [1.165, 1.54) is 6.42 Å². The minimum absolute atomic E-state index is 0.0141. The molecule has 10 atom stereocenters. The van der Waals surface area contributed by atoms with Gasteiger partial charge in [-0.05, 0) is 104 Å². The minimum atomic E-state index is -0.385. The molecule has 0 radical (unpaired) electrons. The highest BCUT2D eigenvalue weighted by Gasteiger charge is 2.69. The number of fused-ring (bicyclic) bond motifs is 7. The number of ether oxygens (including phenoxy) is 1. The van der Waals surface area contributed by atoms with Crippen LogP contribution < -0.4 is 16.4 Å². The van der Waals surface area contributed by atoms with Crippen molar-refractivity contribution >= 4 is 17.8 Å². The van der Waals surface area contributed by atoms with Crippen LogP contribution in [0.25, 0.3) is 0 Å². The number of carbonyl (C=O) groups excluding carboxylic acids is 3. The molecule has 0 aromatic rings. The van der Waals surface area contributed by atoms with E-state index in [2.05, 4.69) is 65.2 Å². The molecule has 242 valence electrons. The van der Waals surface area contributed by atoms with Crippen LogP contribution in [0, 0.1) is 56.7 Å². The Morgan fingerprint density at radius 1 is 0.907 bits per heavy atom. The molecule has 5 aliphatic rings. The number of hydrogen-bond acceptors (Lipinski definition) is 5. The van der Waals surface area contributed by atoms with Gasteiger partial charge in [0, 0.05) is 25.4 Å². The zero-order valence-electron chi connectivity index (χ0n) is 28.2. The van der Waals surface area contributed by atoms with E-state index in [4.69, 9.17) is 10.5 Å². The highest BCUT2D eigenvalue weighted by Crippen LogP contribution is 2.75. The molecule has 0 spiro atoms. The van der Waals surface area contributed by atoms with E-state index >= 15 is 0 Å². The summed E-state index contributed by atoms with van der Waals surface area (Å²) >= 11 is 0. The molecule has 0 unspecified atom stereocenters. The Hall–Kier alpha value is -1.89. The van der Waals surface area contributed by atoms with Crippen molar-refractivity contribution in [2.24, 2.45) is 62.4 Å². The number of amides is 2. The Labute approximate surface area is 260 Å². The van der Waals surface area contributed by atoms with E-state index in [0.717, 1.165) is 51.4 Å². The third kappa shape index (κ3) is 4.80. The van der Waals surface area contributed by atoms with Gasteiger partial charge in [-0.2, -0.15) is 0 Å². The largest absolute Gasteiger partial charge is 0.462 e. The van der Waals surface area contributed by atoms with Crippen molar-refractivity contribution in [3.63, 3.8) is 0 Å². The fraction of sp³-hybridized carbons (Fsp3) is 0.861. The second-order valence-corrected chi connectivity index (χ2v) is 16.6. The Kier molecular flexibility index (Phi) is 8.44. The maximum Gasteiger partial charge on any atom is 0.302 e. The lowest BCUT2D eigenvalue weighted by Gasteiger charge is -2.71. The summed E-state index contributed by atoms with van der Waals surface area (Å²) in [7, 11) is 0. The first-order valence-corrected chi connectivity index (χ1v) is 17.2. The number of nitrogens with one attached hydrogen (secondary N) is 2. The van der Waals surface area contributed by atoms with Crippen LogP contribution in [-0.4, -0.2) is 43.5 Å². The van der Waals surface area contributed by atoms with Crippen LogP contribution in [-0.2, 0) is 19.1 Å². The molecular weight excluding hydrogens is 538 g/mol. The molecule has 7 heteroatoms. The molecule has 0 aromatic heterocycles. The number of carbonyl (C=O) groups is 3. The Balaban J connectivity index is 1.47. The maximum absolute atomic E-state index is 14.2. The second-order valence-electron chi connectivity index (χ2n) is 16.6. The fourth-order valence-corrected chi connectivity index (χ4v) is 11.9. The molecule has 43 heavy (non-hydrogen) atoms. The van der Waals surface area contributed by atoms with Crippen molar-refractivity contribution in [2.75, 3.05) is 19.6 Å².